The maximum atomic E-state index is 12.8. The number of benzene rings is 2. The van der Waals surface area contributed by atoms with Crippen LogP contribution in [0.3, 0.4) is 0 Å². The monoisotopic (exact) mass is 433 g/mol. The van der Waals surface area contributed by atoms with Crippen LogP contribution < -0.4 is 20.3 Å². The number of fused-ring (bicyclic) bond motifs is 2. The molecule has 0 bridgehead atoms. The van der Waals surface area contributed by atoms with Crippen LogP contribution in [0.4, 0.5) is 0 Å². The molecule has 0 radical (unpaired) electrons. The molecule has 0 atom stereocenters. The van der Waals surface area contributed by atoms with Gasteiger partial charge in [0.05, 0.1) is 12.2 Å². The third-order valence-electron chi connectivity index (χ3n) is 6.61. The van der Waals surface area contributed by atoms with E-state index in [1.165, 1.54) is 11.1 Å². The van der Waals surface area contributed by atoms with Crippen molar-refractivity contribution < 1.29 is 9.47 Å². The third-order valence-corrected chi connectivity index (χ3v) is 6.61. The first-order valence-electron chi connectivity index (χ1n) is 11.5. The van der Waals surface area contributed by atoms with Crippen molar-refractivity contribution in [1.82, 2.24) is 14.8 Å². The molecule has 6 nitrogen and oxygen atoms in total. The predicted octanol–water partition coefficient (Wildman–Crippen LogP) is 3.60. The summed E-state index contributed by atoms with van der Waals surface area (Å²) >= 11 is 0. The second-order valence-electron chi connectivity index (χ2n) is 9.01. The Morgan fingerprint density at radius 3 is 2.56 bits per heavy atom. The molecule has 1 fully saturated rings. The highest BCUT2D eigenvalue weighted by Gasteiger charge is 2.20. The summed E-state index contributed by atoms with van der Waals surface area (Å²) in [5.41, 5.74) is 4.56. The molecule has 0 spiro atoms. The number of hydrogen-bond acceptors (Lipinski definition) is 5. The molecule has 0 unspecified atom stereocenters. The fourth-order valence-corrected chi connectivity index (χ4v) is 4.74. The normalized spacial score (nSPS) is 17.1. The molecule has 168 valence electrons. The quantitative estimate of drug-likeness (QED) is 0.666. The molecule has 0 aliphatic carbocycles. The standard InChI is InChI=1S/C26H31N3O3/c1-18-3-5-22-19(2)14-26(30)29(23(22)13-18)17-28-9-7-21(8-10-28)27-16-20-4-6-24-25(15-20)32-12-11-31-24/h3-6,13-15,21,27H,7-12,16-17H2,1-2H3. The van der Waals surface area contributed by atoms with Gasteiger partial charge in [0.15, 0.2) is 11.5 Å². The number of ether oxygens (including phenoxy) is 2. The highest BCUT2D eigenvalue weighted by atomic mass is 16.6. The molecule has 32 heavy (non-hydrogen) atoms. The van der Waals surface area contributed by atoms with Crippen molar-refractivity contribution in [2.45, 2.75) is 45.9 Å². The number of nitrogens with zero attached hydrogens (tertiary/aromatic N) is 2. The Labute approximate surface area is 188 Å². The Morgan fingerprint density at radius 1 is 0.969 bits per heavy atom. The number of pyridine rings is 1. The van der Waals surface area contributed by atoms with Gasteiger partial charge >= 0.3 is 0 Å². The number of aryl methyl sites for hydroxylation is 2. The molecule has 6 heteroatoms. The summed E-state index contributed by atoms with van der Waals surface area (Å²) in [6.45, 7) is 8.75. The molecule has 2 aromatic carbocycles. The van der Waals surface area contributed by atoms with Crippen molar-refractivity contribution in [3.8, 4) is 11.5 Å². The van der Waals surface area contributed by atoms with E-state index in [1.54, 1.807) is 6.07 Å². The molecule has 1 aromatic heterocycles. The van der Waals surface area contributed by atoms with Crippen LogP contribution in [-0.4, -0.2) is 41.8 Å². The fourth-order valence-electron chi connectivity index (χ4n) is 4.74. The van der Waals surface area contributed by atoms with Gasteiger partial charge in [0.2, 0.25) is 0 Å². The molecule has 2 aliphatic heterocycles. The Hall–Kier alpha value is -2.83. The molecular weight excluding hydrogens is 402 g/mol. The van der Waals surface area contributed by atoms with E-state index >= 15 is 0 Å². The second-order valence-corrected chi connectivity index (χ2v) is 9.01. The Balaban J connectivity index is 1.20. The molecule has 0 amide bonds. The van der Waals surface area contributed by atoms with Gasteiger partial charge in [0, 0.05) is 37.1 Å². The van der Waals surface area contributed by atoms with Crippen LogP contribution in [0.15, 0.2) is 47.3 Å². The van der Waals surface area contributed by atoms with E-state index in [1.807, 2.05) is 17.6 Å². The van der Waals surface area contributed by atoms with E-state index < -0.39 is 0 Å². The molecule has 3 heterocycles. The minimum Gasteiger partial charge on any atom is -0.486 e. The van der Waals surface area contributed by atoms with Crippen molar-refractivity contribution in [2.75, 3.05) is 26.3 Å². The lowest BCUT2D eigenvalue weighted by atomic mass is 10.0. The molecule has 5 rings (SSSR count). The van der Waals surface area contributed by atoms with E-state index in [-0.39, 0.29) is 5.56 Å². The van der Waals surface area contributed by atoms with Gasteiger partial charge in [0.1, 0.15) is 13.2 Å². The number of nitrogens with one attached hydrogen (secondary N) is 1. The highest BCUT2D eigenvalue weighted by molar-refractivity contribution is 5.83. The van der Waals surface area contributed by atoms with Gasteiger partial charge in [-0.3, -0.25) is 14.3 Å². The van der Waals surface area contributed by atoms with Gasteiger partial charge in [-0.05, 0) is 61.6 Å². The van der Waals surface area contributed by atoms with E-state index in [9.17, 15) is 4.79 Å². The van der Waals surface area contributed by atoms with Crippen molar-refractivity contribution in [3.63, 3.8) is 0 Å². The second kappa shape index (κ2) is 8.96. The Kier molecular flexibility index (Phi) is 5.89. The number of likely N-dealkylation sites (tertiary alicyclic amines) is 1. The van der Waals surface area contributed by atoms with Crippen LogP contribution in [0, 0.1) is 13.8 Å². The van der Waals surface area contributed by atoms with Gasteiger partial charge in [0.25, 0.3) is 5.56 Å². The summed E-state index contributed by atoms with van der Waals surface area (Å²) in [5, 5.41) is 4.85. The summed E-state index contributed by atoms with van der Waals surface area (Å²) in [4.78, 5) is 15.2. The van der Waals surface area contributed by atoms with Crippen LogP contribution >= 0.6 is 0 Å². The van der Waals surface area contributed by atoms with Crippen molar-refractivity contribution >= 4 is 10.9 Å². The predicted molar refractivity (Wildman–Crippen MR) is 127 cm³/mol. The maximum Gasteiger partial charge on any atom is 0.252 e. The summed E-state index contributed by atoms with van der Waals surface area (Å²) in [6, 6.07) is 14.8. The van der Waals surface area contributed by atoms with Crippen LogP contribution in [-0.2, 0) is 13.2 Å². The summed E-state index contributed by atoms with van der Waals surface area (Å²) in [6.07, 6.45) is 2.14. The smallest absolute Gasteiger partial charge is 0.252 e. The minimum atomic E-state index is 0.0828. The molecule has 2 aliphatic rings. The van der Waals surface area contributed by atoms with Crippen LogP contribution in [0.2, 0.25) is 0 Å². The average Bonchev–Trinajstić information content (AvgIpc) is 2.81. The average molecular weight is 434 g/mol. The zero-order valence-electron chi connectivity index (χ0n) is 18.9. The molecule has 1 N–H and O–H groups in total. The minimum absolute atomic E-state index is 0.0828. The van der Waals surface area contributed by atoms with Crippen molar-refractivity contribution in [1.29, 1.82) is 0 Å². The highest BCUT2D eigenvalue weighted by Crippen LogP contribution is 2.30. The Bertz CT molecular complexity index is 1180. The first-order chi connectivity index (χ1) is 15.6. The van der Waals surface area contributed by atoms with Gasteiger partial charge in [-0.2, -0.15) is 0 Å². The lowest BCUT2D eigenvalue weighted by molar-refractivity contribution is 0.159. The molecule has 0 saturated carbocycles. The van der Waals surface area contributed by atoms with Gasteiger partial charge < -0.3 is 14.8 Å². The van der Waals surface area contributed by atoms with Gasteiger partial charge in [-0.15, -0.1) is 0 Å². The van der Waals surface area contributed by atoms with Gasteiger partial charge in [-0.25, -0.2) is 0 Å². The first-order valence-corrected chi connectivity index (χ1v) is 11.5. The zero-order chi connectivity index (χ0) is 22.1. The SMILES string of the molecule is Cc1ccc2c(C)cc(=O)n(CN3CCC(NCc4ccc5c(c4)OCCO5)CC3)c2c1. The number of rotatable bonds is 5. The Morgan fingerprint density at radius 2 is 1.75 bits per heavy atom. The van der Waals surface area contributed by atoms with Gasteiger partial charge in [-0.1, -0.05) is 18.2 Å². The van der Waals surface area contributed by atoms with Crippen LogP contribution in [0.25, 0.3) is 10.9 Å². The van der Waals surface area contributed by atoms with E-state index in [0.29, 0.717) is 25.9 Å². The zero-order valence-corrected chi connectivity index (χ0v) is 18.9. The number of hydrogen-bond donors (Lipinski definition) is 1. The van der Waals surface area contributed by atoms with Crippen LogP contribution in [0.5, 0.6) is 11.5 Å². The topological polar surface area (TPSA) is 55.7 Å². The summed E-state index contributed by atoms with van der Waals surface area (Å²) in [7, 11) is 0. The first kappa shape index (κ1) is 21.0. The summed E-state index contributed by atoms with van der Waals surface area (Å²) < 4.78 is 13.2. The van der Waals surface area contributed by atoms with Crippen molar-refractivity contribution in [2.24, 2.45) is 0 Å². The summed E-state index contributed by atoms with van der Waals surface area (Å²) in [5.74, 6) is 1.68. The van der Waals surface area contributed by atoms with E-state index in [0.717, 1.165) is 60.4 Å². The maximum absolute atomic E-state index is 12.8. The number of aromatic nitrogens is 1. The molecular formula is C26H31N3O3. The van der Waals surface area contributed by atoms with E-state index in [2.05, 4.69) is 47.5 Å². The molecule has 1 saturated heterocycles. The van der Waals surface area contributed by atoms with Crippen molar-refractivity contribution in [3.05, 3.63) is 69.5 Å². The lowest BCUT2D eigenvalue weighted by Crippen LogP contribution is -2.44. The largest absolute Gasteiger partial charge is 0.486 e. The third kappa shape index (κ3) is 4.38. The van der Waals surface area contributed by atoms with Crippen LogP contribution in [0.1, 0.15) is 29.5 Å². The fraction of sp³-hybridized carbons (Fsp3) is 0.423. The number of piperidine rings is 1. The van der Waals surface area contributed by atoms with E-state index in [4.69, 9.17) is 9.47 Å². The lowest BCUT2D eigenvalue weighted by Gasteiger charge is -2.33. The molecule has 3 aromatic rings.